The van der Waals surface area contributed by atoms with Crippen LogP contribution in [0.1, 0.15) is 32.3 Å². The Bertz CT molecular complexity index is 405. The number of benzene rings is 1. The molecule has 0 aliphatic carbocycles. The summed E-state index contributed by atoms with van der Waals surface area (Å²) in [5.74, 6) is 0.0472. The lowest BCUT2D eigenvalue weighted by molar-refractivity contribution is -0.116. The molecule has 0 heterocycles. The third-order valence-corrected chi connectivity index (χ3v) is 2.83. The zero-order chi connectivity index (χ0) is 13.5. The van der Waals surface area contributed by atoms with Gasteiger partial charge in [0.05, 0.1) is 0 Å². The van der Waals surface area contributed by atoms with Gasteiger partial charge in [0.25, 0.3) is 0 Å². The molecule has 0 unspecified atom stereocenters. The molecule has 0 aliphatic heterocycles. The summed E-state index contributed by atoms with van der Waals surface area (Å²) < 4.78 is 0. The van der Waals surface area contributed by atoms with E-state index in [1.165, 1.54) is 0 Å². The van der Waals surface area contributed by atoms with Crippen LogP contribution in [0.3, 0.4) is 0 Å². The maximum atomic E-state index is 11.7. The predicted octanol–water partition coefficient (Wildman–Crippen LogP) is 3.37. The highest BCUT2D eigenvalue weighted by atomic mass is 35.5. The molecule has 0 bridgehead atoms. The van der Waals surface area contributed by atoms with E-state index in [2.05, 4.69) is 24.5 Å². The summed E-state index contributed by atoms with van der Waals surface area (Å²) in [4.78, 5) is 11.7. The van der Waals surface area contributed by atoms with Crippen molar-refractivity contribution in [3.05, 3.63) is 28.8 Å². The predicted molar refractivity (Wildman–Crippen MR) is 77.2 cm³/mol. The second-order valence-electron chi connectivity index (χ2n) is 4.72. The van der Waals surface area contributed by atoms with Crippen LogP contribution in [0.15, 0.2) is 18.2 Å². The van der Waals surface area contributed by atoms with E-state index in [4.69, 9.17) is 11.6 Å². The zero-order valence-corrected chi connectivity index (χ0v) is 12.0. The summed E-state index contributed by atoms with van der Waals surface area (Å²) in [5.41, 5.74) is 1.82. The Kier molecular flexibility index (Phi) is 6.16. The summed E-state index contributed by atoms with van der Waals surface area (Å²) in [6, 6.07) is 5.93. The van der Waals surface area contributed by atoms with E-state index in [0.717, 1.165) is 24.2 Å². The largest absolute Gasteiger partial charge is 0.326 e. The summed E-state index contributed by atoms with van der Waals surface area (Å²) >= 11 is 5.86. The van der Waals surface area contributed by atoms with E-state index in [9.17, 15) is 4.79 Å². The second-order valence-corrected chi connectivity index (χ2v) is 5.16. The minimum absolute atomic E-state index is 0.0472. The Balaban J connectivity index is 2.35. The minimum atomic E-state index is 0.0472. The maximum absolute atomic E-state index is 11.7. The highest BCUT2D eigenvalue weighted by molar-refractivity contribution is 6.30. The number of amides is 1. The van der Waals surface area contributed by atoms with E-state index >= 15 is 0 Å². The minimum Gasteiger partial charge on any atom is -0.326 e. The molecule has 1 amide bonds. The Morgan fingerprint density at radius 1 is 1.39 bits per heavy atom. The molecule has 0 spiro atoms. The molecule has 0 aromatic heterocycles. The second kappa shape index (κ2) is 7.39. The van der Waals surface area contributed by atoms with Crippen molar-refractivity contribution in [2.45, 2.75) is 39.7 Å². The third-order valence-electron chi connectivity index (χ3n) is 2.60. The van der Waals surface area contributed by atoms with Crippen molar-refractivity contribution in [3.8, 4) is 0 Å². The van der Waals surface area contributed by atoms with Crippen molar-refractivity contribution < 1.29 is 4.79 Å². The van der Waals surface area contributed by atoms with Gasteiger partial charge < -0.3 is 10.6 Å². The molecule has 3 nitrogen and oxygen atoms in total. The van der Waals surface area contributed by atoms with E-state index in [0.29, 0.717) is 17.5 Å². The van der Waals surface area contributed by atoms with Crippen LogP contribution in [0.2, 0.25) is 5.02 Å². The van der Waals surface area contributed by atoms with Crippen molar-refractivity contribution in [1.82, 2.24) is 5.32 Å². The topological polar surface area (TPSA) is 41.1 Å². The SMILES string of the molecule is Cc1cc(Cl)ccc1NC(=O)CCCNC(C)C. The van der Waals surface area contributed by atoms with Gasteiger partial charge in [-0.1, -0.05) is 25.4 Å². The number of anilines is 1. The highest BCUT2D eigenvalue weighted by Crippen LogP contribution is 2.19. The van der Waals surface area contributed by atoms with Crippen molar-refractivity contribution in [2.75, 3.05) is 11.9 Å². The molecule has 2 N–H and O–H groups in total. The number of hydrogen-bond acceptors (Lipinski definition) is 2. The fourth-order valence-electron chi connectivity index (χ4n) is 1.62. The van der Waals surface area contributed by atoms with Gasteiger partial charge in [0.1, 0.15) is 0 Å². The van der Waals surface area contributed by atoms with Crippen LogP contribution in [-0.4, -0.2) is 18.5 Å². The van der Waals surface area contributed by atoms with E-state index in [1.807, 2.05) is 19.1 Å². The van der Waals surface area contributed by atoms with Gasteiger partial charge >= 0.3 is 0 Å². The first-order valence-electron chi connectivity index (χ1n) is 6.28. The van der Waals surface area contributed by atoms with Gasteiger partial charge in [-0.25, -0.2) is 0 Å². The van der Waals surface area contributed by atoms with E-state index in [1.54, 1.807) is 6.07 Å². The van der Waals surface area contributed by atoms with Gasteiger partial charge in [-0.2, -0.15) is 0 Å². The fraction of sp³-hybridized carbons (Fsp3) is 0.500. The van der Waals surface area contributed by atoms with Crippen LogP contribution >= 0.6 is 11.6 Å². The molecular formula is C14H21ClN2O. The lowest BCUT2D eigenvalue weighted by Gasteiger charge is -2.10. The summed E-state index contributed by atoms with van der Waals surface area (Å²) in [6.07, 6.45) is 1.37. The molecule has 100 valence electrons. The molecule has 0 fully saturated rings. The fourth-order valence-corrected chi connectivity index (χ4v) is 1.85. The van der Waals surface area contributed by atoms with Crippen LogP contribution in [-0.2, 0) is 4.79 Å². The Labute approximate surface area is 114 Å². The van der Waals surface area contributed by atoms with Crippen molar-refractivity contribution in [2.24, 2.45) is 0 Å². The molecule has 1 rings (SSSR count). The number of nitrogens with one attached hydrogen (secondary N) is 2. The van der Waals surface area contributed by atoms with Crippen molar-refractivity contribution in [3.63, 3.8) is 0 Å². The summed E-state index contributed by atoms with van der Waals surface area (Å²) in [6.45, 7) is 6.99. The Hall–Kier alpha value is -1.06. The van der Waals surface area contributed by atoms with Crippen LogP contribution in [0.5, 0.6) is 0 Å². The van der Waals surface area contributed by atoms with Crippen LogP contribution < -0.4 is 10.6 Å². The molecular weight excluding hydrogens is 248 g/mol. The highest BCUT2D eigenvalue weighted by Gasteiger charge is 2.05. The van der Waals surface area contributed by atoms with Crippen LogP contribution in [0.4, 0.5) is 5.69 Å². The summed E-state index contributed by atoms with van der Waals surface area (Å²) in [5, 5.41) is 6.87. The van der Waals surface area contributed by atoms with Crippen molar-refractivity contribution >= 4 is 23.2 Å². The van der Waals surface area contributed by atoms with E-state index < -0.39 is 0 Å². The normalized spacial score (nSPS) is 10.7. The first-order valence-corrected chi connectivity index (χ1v) is 6.66. The van der Waals surface area contributed by atoms with Gasteiger partial charge in [0, 0.05) is 23.2 Å². The number of halogens is 1. The maximum Gasteiger partial charge on any atom is 0.224 e. The standard InChI is InChI=1S/C14H21ClN2O/c1-10(2)16-8-4-5-14(18)17-13-7-6-12(15)9-11(13)3/h6-7,9-10,16H,4-5,8H2,1-3H3,(H,17,18). The van der Waals surface area contributed by atoms with Gasteiger partial charge in [-0.05, 0) is 43.7 Å². The smallest absolute Gasteiger partial charge is 0.224 e. The first-order chi connectivity index (χ1) is 8.49. The molecule has 0 atom stereocenters. The number of aryl methyl sites for hydroxylation is 1. The van der Waals surface area contributed by atoms with Gasteiger partial charge in [0.15, 0.2) is 0 Å². The monoisotopic (exact) mass is 268 g/mol. The molecule has 18 heavy (non-hydrogen) atoms. The molecule has 0 radical (unpaired) electrons. The molecule has 0 aliphatic rings. The van der Waals surface area contributed by atoms with Crippen molar-refractivity contribution in [1.29, 1.82) is 0 Å². The third kappa shape index (κ3) is 5.52. The molecule has 1 aromatic rings. The zero-order valence-electron chi connectivity index (χ0n) is 11.2. The molecule has 4 heteroatoms. The Morgan fingerprint density at radius 2 is 2.11 bits per heavy atom. The van der Waals surface area contributed by atoms with Gasteiger partial charge in [-0.3, -0.25) is 4.79 Å². The van der Waals surface area contributed by atoms with E-state index in [-0.39, 0.29) is 5.91 Å². The van der Waals surface area contributed by atoms with Gasteiger partial charge in [0.2, 0.25) is 5.91 Å². The number of hydrogen-bond donors (Lipinski definition) is 2. The quantitative estimate of drug-likeness (QED) is 0.777. The molecule has 1 aromatic carbocycles. The van der Waals surface area contributed by atoms with Crippen LogP contribution in [0.25, 0.3) is 0 Å². The first kappa shape index (κ1) is 15.0. The molecule has 0 saturated carbocycles. The van der Waals surface area contributed by atoms with Crippen LogP contribution in [0, 0.1) is 6.92 Å². The average molecular weight is 269 g/mol. The number of rotatable bonds is 6. The lowest BCUT2D eigenvalue weighted by atomic mass is 10.2. The molecule has 0 saturated heterocycles. The van der Waals surface area contributed by atoms with Gasteiger partial charge in [-0.15, -0.1) is 0 Å². The average Bonchev–Trinajstić information content (AvgIpc) is 2.28. The number of carbonyl (C=O) groups excluding carboxylic acids is 1. The summed E-state index contributed by atoms with van der Waals surface area (Å²) in [7, 11) is 0. The Morgan fingerprint density at radius 3 is 2.72 bits per heavy atom. The number of carbonyl (C=O) groups is 1. The lowest BCUT2D eigenvalue weighted by Crippen LogP contribution is -2.24.